The van der Waals surface area contributed by atoms with Crippen molar-refractivity contribution in [3.8, 4) is 0 Å². The molecule has 0 saturated heterocycles. The van der Waals surface area contributed by atoms with Crippen LogP contribution in [0.2, 0.25) is 0 Å². The number of carboxylic acid groups (broad SMARTS) is 2. The van der Waals surface area contributed by atoms with Gasteiger partial charge in [0.25, 0.3) is 0 Å². The van der Waals surface area contributed by atoms with Crippen molar-refractivity contribution in [2.24, 2.45) is 0 Å². The highest BCUT2D eigenvalue weighted by molar-refractivity contribution is 6.07. The number of aromatic carboxylic acids is 2. The molecule has 0 aliphatic heterocycles. The molecule has 0 amide bonds. The highest BCUT2D eigenvalue weighted by Crippen LogP contribution is 2.30. The molecule has 0 aliphatic rings. The molecule has 0 aliphatic carbocycles. The van der Waals surface area contributed by atoms with Gasteiger partial charge >= 0.3 is 11.9 Å². The van der Waals surface area contributed by atoms with Crippen molar-refractivity contribution in [2.75, 3.05) is 5.32 Å². The number of fused-ring (bicyclic) bond motifs is 1. The van der Waals surface area contributed by atoms with Crippen molar-refractivity contribution < 1.29 is 24.6 Å². The maximum Gasteiger partial charge on any atom is 0.339 e. The number of carbonyl (C=O) groups is 3. The third-order valence-electron chi connectivity index (χ3n) is 3.91. The van der Waals surface area contributed by atoms with E-state index in [2.05, 4.69) is 10.3 Å². The molecule has 0 radical (unpaired) electrons. The molecule has 7 heteroatoms. The number of nitrogens with zero attached hydrogens (tertiary/aromatic N) is 1. The molecule has 3 aromatic rings. The van der Waals surface area contributed by atoms with E-state index in [0.29, 0.717) is 22.2 Å². The van der Waals surface area contributed by atoms with E-state index < -0.39 is 11.9 Å². The fourth-order valence-electron chi connectivity index (χ4n) is 2.56. The molecule has 7 nitrogen and oxygen atoms in total. The van der Waals surface area contributed by atoms with Crippen LogP contribution in [0.15, 0.2) is 48.7 Å². The van der Waals surface area contributed by atoms with Crippen LogP contribution >= 0.6 is 0 Å². The van der Waals surface area contributed by atoms with Crippen LogP contribution in [-0.2, 0) is 0 Å². The van der Waals surface area contributed by atoms with Gasteiger partial charge in [-0.15, -0.1) is 0 Å². The third-order valence-corrected chi connectivity index (χ3v) is 3.91. The third kappa shape index (κ3) is 3.23. The maximum absolute atomic E-state index is 11.6. The summed E-state index contributed by atoms with van der Waals surface area (Å²) in [5.74, 6) is -2.39. The second kappa shape index (κ2) is 6.64. The van der Waals surface area contributed by atoms with Crippen LogP contribution in [0.4, 0.5) is 11.4 Å². The predicted octanol–water partition coefficient (Wildman–Crippen LogP) is 3.58. The number of nitrogens with one attached hydrogen (secondary N) is 1. The Balaban J connectivity index is 2.15. The van der Waals surface area contributed by atoms with Gasteiger partial charge < -0.3 is 15.5 Å². The lowest BCUT2D eigenvalue weighted by Gasteiger charge is -2.13. The number of carboxylic acids is 2. The Morgan fingerprint density at radius 2 is 1.58 bits per heavy atom. The molecule has 0 atom stereocenters. The van der Waals surface area contributed by atoms with Crippen LogP contribution in [0, 0.1) is 0 Å². The quantitative estimate of drug-likeness (QED) is 0.602. The second-order valence-electron chi connectivity index (χ2n) is 5.65. The molecule has 0 fully saturated rings. The Labute approximate surface area is 147 Å². The van der Waals surface area contributed by atoms with Crippen LogP contribution in [-0.4, -0.2) is 32.9 Å². The molecule has 1 aromatic heterocycles. The average molecular weight is 350 g/mol. The summed E-state index contributed by atoms with van der Waals surface area (Å²) in [4.78, 5) is 38.3. The van der Waals surface area contributed by atoms with E-state index in [1.165, 1.54) is 31.3 Å². The summed E-state index contributed by atoms with van der Waals surface area (Å²) < 4.78 is 0. The normalized spacial score (nSPS) is 10.5. The van der Waals surface area contributed by atoms with Crippen molar-refractivity contribution in [1.82, 2.24) is 4.98 Å². The minimum Gasteiger partial charge on any atom is -0.478 e. The van der Waals surface area contributed by atoms with Gasteiger partial charge in [-0.05, 0) is 49.4 Å². The van der Waals surface area contributed by atoms with Crippen molar-refractivity contribution in [1.29, 1.82) is 0 Å². The molecule has 130 valence electrons. The molecule has 1 heterocycles. The number of anilines is 2. The van der Waals surface area contributed by atoms with E-state index >= 15 is 0 Å². The van der Waals surface area contributed by atoms with Crippen molar-refractivity contribution in [3.63, 3.8) is 0 Å². The van der Waals surface area contributed by atoms with Gasteiger partial charge in [0.05, 0.1) is 16.8 Å². The van der Waals surface area contributed by atoms with Gasteiger partial charge in [0.15, 0.2) is 5.78 Å². The Hall–Kier alpha value is -3.74. The number of Topliss-reactive ketones (excluding diaryl/α,β-unsaturated/α-hetero) is 1. The zero-order valence-corrected chi connectivity index (χ0v) is 13.7. The van der Waals surface area contributed by atoms with Gasteiger partial charge in [0, 0.05) is 22.8 Å². The first kappa shape index (κ1) is 17.1. The molecule has 0 saturated carbocycles. The molecule has 26 heavy (non-hydrogen) atoms. The lowest BCUT2D eigenvalue weighted by atomic mass is 10.1. The number of rotatable bonds is 5. The lowest BCUT2D eigenvalue weighted by Crippen LogP contribution is -2.06. The maximum atomic E-state index is 11.6. The van der Waals surface area contributed by atoms with E-state index in [1.54, 1.807) is 24.3 Å². The smallest absolute Gasteiger partial charge is 0.339 e. The highest BCUT2D eigenvalue weighted by atomic mass is 16.4. The van der Waals surface area contributed by atoms with E-state index in [-0.39, 0.29) is 22.6 Å². The number of benzene rings is 2. The summed E-state index contributed by atoms with van der Waals surface area (Å²) in [6.45, 7) is 1.45. The van der Waals surface area contributed by atoms with Gasteiger partial charge in [0.2, 0.25) is 0 Å². The molecule has 0 bridgehead atoms. The fourth-order valence-corrected chi connectivity index (χ4v) is 2.56. The first-order valence-electron chi connectivity index (χ1n) is 7.64. The summed E-state index contributed by atoms with van der Waals surface area (Å²) in [6.07, 6.45) is 1.22. The number of aromatic nitrogens is 1. The number of hydrogen-bond donors (Lipinski definition) is 3. The van der Waals surface area contributed by atoms with Gasteiger partial charge in [-0.1, -0.05) is 0 Å². The predicted molar refractivity (Wildman–Crippen MR) is 95.4 cm³/mol. The van der Waals surface area contributed by atoms with Gasteiger partial charge in [-0.25, -0.2) is 9.59 Å². The summed E-state index contributed by atoms with van der Waals surface area (Å²) in [6, 6.07) is 10.8. The molecule has 0 spiro atoms. The summed E-state index contributed by atoms with van der Waals surface area (Å²) >= 11 is 0. The Kier molecular flexibility index (Phi) is 4.36. The van der Waals surface area contributed by atoms with Crippen LogP contribution in [0.3, 0.4) is 0 Å². The standard InChI is InChI=1S/C19H14N2O5/c1-10(22)11-2-5-13(6-3-11)21-17-14-8-12(18(23)24)4-7-16(14)20-9-15(17)19(25)26/h2-9H,1H3,(H,20,21)(H,23,24)(H,25,26). The van der Waals surface area contributed by atoms with E-state index in [9.17, 15) is 24.6 Å². The molecular formula is C19H14N2O5. The van der Waals surface area contributed by atoms with Crippen molar-refractivity contribution in [2.45, 2.75) is 6.92 Å². The van der Waals surface area contributed by atoms with E-state index in [4.69, 9.17) is 0 Å². The Bertz CT molecular complexity index is 1040. The molecule has 3 N–H and O–H groups in total. The van der Waals surface area contributed by atoms with Crippen LogP contribution in [0.1, 0.15) is 38.0 Å². The summed E-state index contributed by atoms with van der Waals surface area (Å²) in [5, 5.41) is 22.0. The topological polar surface area (TPSA) is 117 Å². The number of hydrogen-bond acceptors (Lipinski definition) is 5. The van der Waals surface area contributed by atoms with Crippen LogP contribution in [0.5, 0.6) is 0 Å². The van der Waals surface area contributed by atoms with Crippen LogP contribution in [0.25, 0.3) is 10.9 Å². The zero-order chi connectivity index (χ0) is 18.8. The van der Waals surface area contributed by atoms with Crippen molar-refractivity contribution in [3.05, 3.63) is 65.4 Å². The molecular weight excluding hydrogens is 336 g/mol. The van der Waals surface area contributed by atoms with Crippen LogP contribution < -0.4 is 5.32 Å². The van der Waals surface area contributed by atoms with E-state index in [1.807, 2.05) is 0 Å². The highest BCUT2D eigenvalue weighted by Gasteiger charge is 2.16. The summed E-state index contributed by atoms with van der Waals surface area (Å²) in [5.41, 5.74) is 1.73. The SMILES string of the molecule is CC(=O)c1ccc(Nc2c(C(=O)O)cnc3ccc(C(=O)O)cc23)cc1. The first-order valence-corrected chi connectivity index (χ1v) is 7.64. The van der Waals surface area contributed by atoms with E-state index in [0.717, 1.165) is 0 Å². The largest absolute Gasteiger partial charge is 0.478 e. The Morgan fingerprint density at radius 1 is 0.923 bits per heavy atom. The minimum absolute atomic E-state index is 0.0248. The van der Waals surface area contributed by atoms with Gasteiger partial charge in [-0.3, -0.25) is 9.78 Å². The average Bonchev–Trinajstić information content (AvgIpc) is 2.61. The first-order chi connectivity index (χ1) is 12.4. The lowest BCUT2D eigenvalue weighted by molar-refractivity contribution is 0.0687. The minimum atomic E-state index is -1.19. The zero-order valence-electron chi connectivity index (χ0n) is 13.7. The van der Waals surface area contributed by atoms with Gasteiger partial charge in [0.1, 0.15) is 5.56 Å². The number of pyridine rings is 1. The van der Waals surface area contributed by atoms with Crippen molar-refractivity contribution >= 4 is 40.0 Å². The molecule has 3 rings (SSSR count). The van der Waals surface area contributed by atoms with Gasteiger partial charge in [-0.2, -0.15) is 0 Å². The second-order valence-corrected chi connectivity index (χ2v) is 5.65. The number of carbonyl (C=O) groups excluding carboxylic acids is 1. The molecule has 2 aromatic carbocycles. The summed E-state index contributed by atoms with van der Waals surface area (Å²) in [7, 11) is 0. The number of ketones is 1. The Morgan fingerprint density at radius 3 is 2.15 bits per heavy atom. The fraction of sp³-hybridized carbons (Fsp3) is 0.0526. The monoisotopic (exact) mass is 350 g/mol. The molecule has 0 unspecified atom stereocenters.